The molecule has 0 atom stereocenters. The van der Waals surface area contributed by atoms with Crippen LogP contribution in [0.25, 0.3) is 0 Å². The van der Waals surface area contributed by atoms with Crippen molar-refractivity contribution in [2.75, 3.05) is 5.32 Å². The van der Waals surface area contributed by atoms with Crippen molar-refractivity contribution < 1.29 is 9.90 Å². The lowest BCUT2D eigenvalue weighted by Crippen LogP contribution is -2.11. The van der Waals surface area contributed by atoms with Crippen LogP contribution in [0.1, 0.15) is 10.4 Å². The predicted molar refractivity (Wildman–Crippen MR) is 82.9 cm³/mol. The molecule has 2 aromatic rings. The van der Waals surface area contributed by atoms with Gasteiger partial charge in [-0.2, -0.15) is 0 Å². The van der Waals surface area contributed by atoms with Crippen molar-refractivity contribution in [1.29, 1.82) is 0 Å². The summed E-state index contributed by atoms with van der Waals surface area (Å²) in [4.78, 5) is 12.0. The molecule has 2 aromatic carbocycles. The highest BCUT2D eigenvalue weighted by Crippen LogP contribution is 2.33. The van der Waals surface area contributed by atoms with Gasteiger partial charge in [-0.3, -0.25) is 4.79 Å². The molecule has 0 spiro atoms. The second kappa shape index (κ2) is 5.94. The summed E-state index contributed by atoms with van der Waals surface area (Å²) in [5.41, 5.74) is 1.07. The molecule has 6 heteroatoms. The van der Waals surface area contributed by atoms with E-state index in [0.29, 0.717) is 25.2 Å². The van der Waals surface area contributed by atoms with Crippen LogP contribution in [0.5, 0.6) is 5.75 Å². The summed E-state index contributed by atoms with van der Waals surface area (Å²) in [7, 11) is 0. The van der Waals surface area contributed by atoms with E-state index in [9.17, 15) is 9.90 Å². The normalized spacial score (nSPS) is 10.3. The van der Waals surface area contributed by atoms with Gasteiger partial charge in [0.2, 0.25) is 0 Å². The van der Waals surface area contributed by atoms with Gasteiger partial charge in [0.15, 0.2) is 0 Å². The molecule has 0 unspecified atom stereocenters. The van der Waals surface area contributed by atoms with E-state index in [4.69, 9.17) is 11.6 Å². The van der Waals surface area contributed by atoms with Crippen LogP contribution in [0, 0.1) is 0 Å². The van der Waals surface area contributed by atoms with Gasteiger partial charge in [0.05, 0.1) is 8.95 Å². The first-order chi connectivity index (χ1) is 8.97. The summed E-state index contributed by atoms with van der Waals surface area (Å²) in [6.45, 7) is 0. The van der Waals surface area contributed by atoms with E-state index in [2.05, 4.69) is 37.2 Å². The maximum Gasteiger partial charge on any atom is 0.255 e. The average molecular weight is 405 g/mol. The zero-order valence-electron chi connectivity index (χ0n) is 9.45. The molecule has 0 heterocycles. The van der Waals surface area contributed by atoms with Crippen LogP contribution >= 0.6 is 43.5 Å². The van der Waals surface area contributed by atoms with Crippen LogP contribution < -0.4 is 5.32 Å². The monoisotopic (exact) mass is 403 g/mol. The number of aromatic hydroxyl groups is 1. The number of carbonyl (C=O) groups is 1. The highest BCUT2D eigenvalue weighted by Gasteiger charge is 2.12. The molecule has 0 aliphatic rings. The van der Waals surface area contributed by atoms with Gasteiger partial charge in [-0.25, -0.2) is 0 Å². The molecule has 0 saturated carbocycles. The fourth-order valence-corrected chi connectivity index (χ4v) is 2.75. The highest BCUT2D eigenvalue weighted by atomic mass is 79.9. The Morgan fingerprint density at radius 3 is 2.16 bits per heavy atom. The van der Waals surface area contributed by atoms with Crippen molar-refractivity contribution in [3.8, 4) is 5.75 Å². The van der Waals surface area contributed by atoms with Gasteiger partial charge in [-0.05, 0) is 68.3 Å². The first kappa shape index (κ1) is 14.4. The van der Waals surface area contributed by atoms with Crippen molar-refractivity contribution in [3.63, 3.8) is 0 Å². The smallest absolute Gasteiger partial charge is 0.255 e. The van der Waals surface area contributed by atoms with E-state index in [-0.39, 0.29) is 11.7 Å². The molecule has 0 bridgehead atoms. The second-order valence-corrected chi connectivity index (χ2v) is 5.89. The Morgan fingerprint density at radius 1 is 1.11 bits per heavy atom. The maximum absolute atomic E-state index is 12.0. The Hall–Kier alpha value is -1.04. The van der Waals surface area contributed by atoms with Crippen LogP contribution in [-0.2, 0) is 0 Å². The lowest BCUT2D eigenvalue weighted by molar-refractivity contribution is 0.102. The van der Waals surface area contributed by atoms with Crippen molar-refractivity contribution in [2.24, 2.45) is 0 Å². The molecular weight excluding hydrogens is 397 g/mol. The van der Waals surface area contributed by atoms with Gasteiger partial charge in [0, 0.05) is 16.3 Å². The van der Waals surface area contributed by atoms with Crippen LogP contribution in [-0.4, -0.2) is 11.0 Å². The summed E-state index contributed by atoms with van der Waals surface area (Å²) in [6.07, 6.45) is 0. The summed E-state index contributed by atoms with van der Waals surface area (Å²) in [5, 5.41) is 12.9. The van der Waals surface area contributed by atoms with Gasteiger partial charge >= 0.3 is 0 Å². The predicted octanol–water partition coefficient (Wildman–Crippen LogP) is 4.82. The molecule has 2 rings (SSSR count). The molecule has 2 N–H and O–H groups in total. The van der Waals surface area contributed by atoms with Gasteiger partial charge in [-0.1, -0.05) is 11.6 Å². The van der Waals surface area contributed by atoms with E-state index >= 15 is 0 Å². The summed E-state index contributed by atoms with van der Waals surface area (Å²) in [6, 6.07) is 9.91. The molecule has 0 aliphatic carbocycles. The number of hydrogen-bond donors (Lipinski definition) is 2. The molecule has 0 aromatic heterocycles. The van der Waals surface area contributed by atoms with Gasteiger partial charge < -0.3 is 10.4 Å². The third-order valence-corrected chi connectivity index (χ3v) is 3.84. The first-order valence-corrected chi connectivity index (χ1v) is 7.18. The third-order valence-electron chi connectivity index (χ3n) is 2.38. The van der Waals surface area contributed by atoms with Gasteiger partial charge in [0.25, 0.3) is 5.91 Å². The Kier molecular flexibility index (Phi) is 4.50. The van der Waals surface area contributed by atoms with Crippen LogP contribution in [0.3, 0.4) is 0 Å². The van der Waals surface area contributed by atoms with Crippen LogP contribution in [0.2, 0.25) is 5.02 Å². The minimum absolute atomic E-state index is 0.0584. The Bertz CT molecular complexity index is 606. The molecule has 0 radical (unpaired) electrons. The van der Waals surface area contributed by atoms with E-state index < -0.39 is 0 Å². The minimum Gasteiger partial charge on any atom is -0.506 e. The fraction of sp³-hybridized carbons (Fsp3) is 0. The van der Waals surface area contributed by atoms with Crippen molar-refractivity contribution in [3.05, 3.63) is 55.9 Å². The van der Waals surface area contributed by atoms with Crippen molar-refractivity contribution >= 4 is 55.1 Å². The number of carbonyl (C=O) groups excluding carboxylic acids is 1. The SMILES string of the molecule is O=C(Nc1ccc(Cl)cc1)c1cc(Br)c(O)c(Br)c1. The molecule has 3 nitrogen and oxygen atoms in total. The molecule has 19 heavy (non-hydrogen) atoms. The molecule has 0 saturated heterocycles. The number of rotatable bonds is 2. The van der Waals surface area contributed by atoms with Crippen LogP contribution in [0.15, 0.2) is 45.3 Å². The first-order valence-electron chi connectivity index (χ1n) is 5.22. The third kappa shape index (κ3) is 3.49. The second-order valence-electron chi connectivity index (χ2n) is 3.75. The molecule has 0 fully saturated rings. The minimum atomic E-state index is -0.274. The summed E-state index contributed by atoms with van der Waals surface area (Å²) in [5.74, 6) is -0.216. The number of phenols is 1. The number of halogens is 3. The highest BCUT2D eigenvalue weighted by molar-refractivity contribution is 9.11. The Labute approximate surface area is 131 Å². The summed E-state index contributed by atoms with van der Waals surface area (Å²) < 4.78 is 0.895. The molecule has 1 amide bonds. The Balaban J connectivity index is 2.23. The number of amides is 1. The zero-order chi connectivity index (χ0) is 14.0. The number of nitrogens with one attached hydrogen (secondary N) is 1. The molecular formula is C13H8Br2ClNO2. The van der Waals surface area contributed by atoms with Gasteiger partial charge in [0.1, 0.15) is 5.75 Å². The van der Waals surface area contributed by atoms with E-state index in [1.165, 1.54) is 0 Å². The average Bonchev–Trinajstić information content (AvgIpc) is 2.38. The number of benzene rings is 2. The number of anilines is 1. The lowest BCUT2D eigenvalue weighted by atomic mass is 10.2. The standard InChI is InChI=1S/C13H8Br2ClNO2/c14-10-5-7(6-11(15)12(10)18)13(19)17-9-3-1-8(16)2-4-9/h1-6,18H,(H,17,19). The van der Waals surface area contributed by atoms with Crippen LogP contribution in [0.4, 0.5) is 5.69 Å². The topological polar surface area (TPSA) is 49.3 Å². The zero-order valence-corrected chi connectivity index (χ0v) is 13.4. The van der Waals surface area contributed by atoms with E-state index in [0.717, 1.165) is 0 Å². The maximum atomic E-state index is 12.0. The van der Waals surface area contributed by atoms with Crippen molar-refractivity contribution in [1.82, 2.24) is 0 Å². The fourth-order valence-electron chi connectivity index (χ4n) is 1.43. The Morgan fingerprint density at radius 2 is 1.63 bits per heavy atom. The lowest BCUT2D eigenvalue weighted by Gasteiger charge is -2.07. The summed E-state index contributed by atoms with van der Waals surface area (Å²) >= 11 is 12.1. The quantitative estimate of drug-likeness (QED) is 0.752. The largest absolute Gasteiger partial charge is 0.506 e. The molecule has 98 valence electrons. The molecule has 0 aliphatic heterocycles. The number of phenolic OH excluding ortho intramolecular Hbond substituents is 1. The number of hydrogen-bond acceptors (Lipinski definition) is 2. The van der Waals surface area contributed by atoms with Gasteiger partial charge in [-0.15, -0.1) is 0 Å². The van der Waals surface area contributed by atoms with Crippen molar-refractivity contribution in [2.45, 2.75) is 0 Å². The van der Waals surface area contributed by atoms with E-state index in [1.54, 1.807) is 36.4 Å². The van der Waals surface area contributed by atoms with E-state index in [1.807, 2.05) is 0 Å².